The van der Waals surface area contributed by atoms with E-state index in [1.807, 2.05) is 0 Å². The van der Waals surface area contributed by atoms with Crippen molar-refractivity contribution in [1.82, 2.24) is 9.80 Å². The molecule has 0 aromatic heterocycles. The Morgan fingerprint density at radius 1 is 0.885 bits per heavy atom. The molecule has 144 valence electrons. The van der Waals surface area contributed by atoms with Crippen LogP contribution in [0.5, 0.6) is 0 Å². The van der Waals surface area contributed by atoms with Crippen LogP contribution in [0.4, 0.5) is 4.39 Å². The molecule has 26 heavy (non-hydrogen) atoms. The summed E-state index contributed by atoms with van der Waals surface area (Å²) in [5.41, 5.74) is 1.90. The number of rotatable bonds is 9. The first kappa shape index (κ1) is 19.3. The van der Waals surface area contributed by atoms with E-state index in [4.69, 9.17) is 4.84 Å². The van der Waals surface area contributed by atoms with Crippen molar-refractivity contribution in [2.24, 2.45) is 5.16 Å². The maximum atomic E-state index is 13.2. The Morgan fingerprint density at radius 3 is 2.19 bits per heavy atom. The van der Waals surface area contributed by atoms with Crippen molar-refractivity contribution < 1.29 is 9.23 Å². The van der Waals surface area contributed by atoms with Crippen molar-refractivity contribution in [3.63, 3.8) is 0 Å². The molecule has 2 heterocycles. The Labute approximate surface area is 157 Å². The number of hydrogen-bond donors (Lipinski definition) is 0. The predicted molar refractivity (Wildman–Crippen MR) is 104 cm³/mol. The second-order valence-electron chi connectivity index (χ2n) is 7.43. The molecule has 2 aliphatic rings. The van der Waals surface area contributed by atoms with Crippen molar-refractivity contribution in [3.8, 4) is 0 Å². The monoisotopic (exact) mass is 361 g/mol. The van der Waals surface area contributed by atoms with Gasteiger partial charge < -0.3 is 9.74 Å². The third kappa shape index (κ3) is 6.36. The Bertz CT molecular complexity index is 549. The lowest BCUT2D eigenvalue weighted by molar-refractivity contribution is 0.118. The van der Waals surface area contributed by atoms with E-state index in [-0.39, 0.29) is 5.82 Å². The zero-order valence-corrected chi connectivity index (χ0v) is 15.8. The number of halogens is 1. The van der Waals surface area contributed by atoms with Gasteiger partial charge in [-0.1, -0.05) is 23.7 Å². The first-order valence-electron chi connectivity index (χ1n) is 10.2. The smallest absolute Gasteiger partial charge is 0.129 e. The highest BCUT2D eigenvalue weighted by atomic mass is 19.1. The van der Waals surface area contributed by atoms with Crippen LogP contribution in [-0.2, 0) is 4.84 Å². The first-order valence-corrected chi connectivity index (χ1v) is 10.2. The van der Waals surface area contributed by atoms with E-state index >= 15 is 0 Å². The zero-order valence-electron chi connectivity index (χ0n) is 15.8. The molecule has 1 aromatic carbocycles. The van der Waals surface area contributed by atoms with Crippen LogP contribution in [0.3, 0.4) is 0 Å². The Kier molecular flexibility index (Phi) is 7.89. The van der Waals surface area contributed by atoms with E-state index < -0.39 is 0 Å². The van der Waals surface area contributed by atoms with Gasteiger partial charge in [0.15, 0.2) is 0 Å². The van der Waals surface area contributed by atoms with E-state index in [1.54, 1.807) is 12.1 Å². The third-order valence-electron chi connectivity index (χ3n) is 5.39. The highest BCUT2D eigenvalue weighted by molar-refractivity contribution is 6.00. The van der Waals surface area contributed by atoms with Crippen LogP contribution in [0, 0.1) is 5.82 Å². The summed E-state index contributed by atoms with van der Waals surface area (Å²) < 4.78 is 13.2. The highest BCUT2D eigenvalue weighted by Gasteiger charge is 2.12. The molecular weight excluding hydrogens is 329 g/mol. The number of likely N-dealkylation sites (tertiary alicyclic amines) is 2. The second kappa shape index (κ2) is 10.6. The summed E-state index contributed by atoms with van der Waals surface area (Å²) in [5.74, 6) is -0.212. The van der Waals surface area contributed by atoms with Gasteiger partial charge in [0.1, 0.15) is 12.4 Å². The number of nitrogens with zero attached hydrogens (tertiary/aromatic N) is 3. The fraction of sp³-hybridized carbons (Fsp3) is 0.667. The quantitative estimate of drug-likeness (QED) is 0.379. The van der Waals surface area contributed by atoms with Crippen molar-refractivity contribution in [2.75, 3.05) is 45.9 Å². The van der Waals surface area contributed by atoms with Gasteiger partial charge in [-0.05, 0) is 88.9 Å². The topological polar surface area (TPSA) is 28.1 Å². The Morgan fingerprint density at radius 2 is 1.50 bits per heavy atom. The van der Waals surface area contributed by atoms with E-state index in [9.17, 15) is 4.39 Å². The van der Waals surface area contributed by atoms with Gasteiger partial charge in [0.05, 0.1) is 5.71 Å². The number of piperidine rings is 1. The van der Waals surface area contributed by atoms with Crippen molar-refractivity contribution in [2.45, 2.75) is 44.9 Å². The predicted octanol–water partition coefficient (Wildman–Crippen LogP) is 3.91. The molecule has 2 saturated heterocycles. The molecule has 5 heteroatoms. The van der Waals surface area contributed by atoms with Gasteiger partial charge in [0, 0.05) is 6.54 Å². The summed E-state index contributed by atoms with van der Waals surface area (Å²) >= 11 is 0. The van der Waals surface area contributed by atoms with Crippen LogP contribution < -0.4 is 0 Å². The van der Waals surface area contributed by atoms with E-state index in [1.165, 1.54) is 70.4 Å². The lowest BCUT2D eigenvalue weighted by Crippen LogP contribution is -2.30. The van der Waals surface area contributed by atoms with Crippen LogP contribution in [-0.4, -0.2) is 61.4 Å². The van der Waals surface area contributed by atoms with Crippen LogP contribution in [0.1, 0.15) is 50.5 Å². The average Bonchev–Trinajstić information content (AvgIpc) is 3.19. The zero-order chi connectivity index (χ0) is 18.0. The fourth-order valence-corrected chi connectivity index (χ4v) is 3.84. The Hall–Kier alpha value is -1.46. The number of benzene rings is 1. The van der Waals surface area contributed by atoms with Gasteiger partial charge in [-0.3, -0.25) is 4.90 Å². The van der Waals surface area contributed by atoms with Crippen LogP contribution in [0.2, 0.25) is 0 Å². The summed E-state index contributed by atoms with van der Waals surface area (Å²) in [5, 5.41) is 4.42. The molecule has 0 unspecified atom stereocenters. The lowest BCUT2D eigenvalue weighted by Gasteiger charge is -2.26. The minimum atomic E-state index is -0.212. The maximum absolute atomic E-state index is 13.2. The average molecular weight is 362 g/mol. The van der Waals surface area contributed by atoms with Crippen LogP contribution >= 0.6 is 0 Å². The summed E-state index contributed by atoms with van der Waals surface area (Å²) in [6.07, 6.45) is 8.51. The molecule has 0 spiro atoms. The van der Waals surface area contributed by atoms with Gasteiger partial charge in [-0.25, -0.2) is 4.39 Å². The summed E-state index contributed by atoms with van der Waals surface area (Å²) in [4.78, 5) is 10.6. The van der Waals surface area contributed by atoms with E-state index in [0.717, 1.165) is 37.2 Å². The molecule has 0 N–H and O–H groups in total. The molecule has 0 radical (unpaired) electrons. The molecule has 4 nitrogen and oxygen atoms in total. The van der Waals surface area contributed by atoms with Gasteiger partial charge >= 0.3 is 0 Å². The minimum Gasteiger partial charge on any atom is -0.394 e. The first-order chi connectivity index (χ1) is 12.8. The molecule has 3 rings (SSSR count). The standard InChI is InChI=1S/C21H32FN3O/c22-20-10-8-19(9-11-20)21(7-6-16-24-12-2-1-3-13-24)23-26-18-17-25-14-4-5-15-25/h8-11H,1-7,12-18H2/b23-21+. The van der Waals surface area contributed by atoms with Gasteiger partial charge in [-0.2, -0.15) is 0 Å². The second-order valence-corrected chi connectivity index (χ2v) is 7.43. The van der Waals surface area contributed by atoms with Gasteiger partial charge in [0.25, 0.3) is 0 Å². The molecule has 0 amide bonds. The molecule has 0 saturated carbocycles. The van der Waals surface area contributed by atoms with E-state index in [2.05, 4.69) is 15.0 Å². The largest absolute Gasteiger partial charge is 0.394 e. The molecule has 0 bridgehead atoms. The lowest BCUT2D eigenvalue weighted by atomic mass is 10.0. The van der Waals surface area contributed by atoms with Gasteiger partial charge in [0.2, 0.25) is 0 Å². The highest BCUT2D eigenvalue weighted by Crippen LogP contribution is 2.13. The molecule has 0 atom stereocenters. The van der Waals surface area contributed by atoms with E-state index in [0.29, 0.717) is 6.61 Å². The maximum Gasteiger partial charge on any atom is 0.129 e. The normalized spacial score (nSPS) is 19.8. The Balaban J connectivity index is 1.50. The summed E-state index contributed by atoms with van der Waals surface area (Å²) in [6.45, 7) is 7.45. The van der Waals surface area contributed by atoms with Crippen molar-refractivity contribution in [3.05, 3.63) is 35.6 Å². The van der Waals surface area contributed by atoms with Crippen LogP contribution in [0.15, 0.2) is 29.4 Å². The van der Waals surface area contributed by atoms with Crippen molar-refractivity contribution in [1.29, 1.82) is 0 Å². The summed E-state index contributed by atoms with van der Waals surface area (Å²) in [6, 6.07) is 6.61. The molecule has 2 fully saturated rings. The molecule has 2 aliphatic heterocycles. The third-order valence-corrected chi connectivity index (χ3v) is 5.39. The van der Waals surface area contributed by atoms with Crippen LogP contribution in [0.25, 0.3) is 0 Å². The number of hydrogen-bond acceptors (Lipinski definition) is 4. The molecular formula is C21H32FN3O. The molecule has 0 aliphatic carbocycles. The fourth-order valence-electron chi connectivity index (χ4n) is 3.84. The molecule has 1 aromatic rings. The van der Waals surface area contributed by atoms with Gasteiger partial charge in [-0.15, -0.1) is 0 Å². The SMILES string of the molecule is Fc1ccc(/C(CCCN2CCCCC2)=N/OCCN2CCCC2)cc1. The number of oxime groups is 1. The summed E-state index contributed by atoms with van der Waals surface area (Å²) in [7, 11) is 0. The minimum absolute atomic E-state index is 0.212. The van der Waals surface area contributed by atoms with Crippen molar-refractivity contribution >= 4 is 5.71 Å².